The molecule has 2 aliphatic heterocycles. The van der Waals surface area contributed by atoms with Crippen LogP contribution >= 0.6 is 0 Å². The summed E-state index contributed by atoms with van der Waals surface area (Å²) >= 11 is 0. The van der Waals surface area contributed by atoms with E-state index < -0.39 is 5.41 Å². The Morgan fingerprint density at radius 2 is 1.83 bits per heavy atom. The van der Waals surface area contributed by atoms with Crippen LogP contribution in [0.1, 0.15) is 98.8 Å². The Kier molecular flexibility index (Phi) is 9.87. The van der Waals surface area contributed by atoms with Gasteiger partial charge in [0.2, 0.25) is 0 Å². The van der Waals surface area contributed by atoms with Gasteiger partial charge in [-0.25, -0.2) is 0 Å². The van der Waals surface area contributed by atoms with Crippen LogP contribution in [0.4, 0.5) is 0 Å². The Bertz CT molecular complexity index is 612. The van der Waals surface area contributed by atoms with Crippen molar-refractivity contribution in [1.82, 2.24) is 0 Å². The lowest BCUT2D eigenvalue weighted by molar-refractivity contribution is -0.164. The normalized spacial score (nSPS) is 30.6. The van der Waals surface area contributed by atoms with Gasteiger partial charge in [0.15, 0.2) is 0 Å². The number of carbonyl (C=O) groups excluding carboxylic acids is 1. The fourth-order valence-electron chi connectivity index (χ4n) is 3.93. The van der Waals surface area contributed by atoms with E-state index in [4.69, 9.17) is 9.47 Å². The van der Waals surface area contributed by atoms with Gasteiger partial charge in [-0.3, -0.25) is 4.79 Å². The Morgan fingerprint density at radius 1 is 1.07 bits per heavy atom. The van der Waals surface area contributed by atoms with Gasteiger partial charge in [-0.1, -0.05) is 70.4 Å². The van der Waals surface area contributed by atoms with Crippen molar-refractivity contribution in [2.45, 2.75) is 117 Å². The summed E-state index contributed by atoms with van der Waals surface area (Å²) in [6, 6.07) is 0. The highest BCUT2D eigenvalue weighted by Crippen LogP contribution is 2.44. The maximum Gasteiger partial charge on any atom is 0.312 e. The van der Waals surface area contributed by atoms with Gasteiger partial charge >= 0.3 is 5.97 Å². The van der Waals surface area contributed by atoms with E-state index in [1.54, 1.807) is 0 Å². The molecule has 0 saturated carbocycles. The van der Waals surface area contributed by atoms with Crippen molar-refractivity contribution < 1.29 is 14.3 Å². The SMILES string of the molecule is CCCCC1OC1CCC=CC=CC1C/C=C\CCCCC(C)(C)C(C)(C)C(=O)O1. The van der Waals surface area contributed by atoms with Crippen LogP contribution in [0.15, 0.2) is 36.5 Å². The van der Waals surface area contributed by atoms with Gasteiger partial charge < -0.3 is 9.47 Å². The number of cyclic esters (lactones) is 1. The van der Waals surface area contributed by atoms with E-state index in [9.17, 15) is 4.79 Å². The summed E-state index contributed by atoms with van der Waals surface area (Å²) in [7, 11) is 0. The second-order valence-electron chi connectivity index (χ2n) is 10.2. The Morgan fingerprint density at radius 3 is 2.60 bits per heavy atom. The van der Waals surface area contributed by atoms with Crippen molar-refractivity contribution in [1.29, 1.82) is 0 Å². The molecule has 0 aliphatic carbocycles. The smallest absolute Gasteiger partial charge is 0.312 e. The second-order valence-corrected chi connectivity index (χ2v) is 10.2. The zero-order valence-corrected chi connectivity index (χ0v) is 20.0. The molecule has 3 atom stereocenters. The third-order valence-electron chi connectivity index (χ3n) is 7.14. The predicted molar refractivity (Wildman–Crippen MR) is 125 cm³/mol. The highest BCUT2D eigenvalue weighted by Gasteiger charge is 2.44. The highest BCUT2D eigenvalue weighted by molar-refractivity contribution is 5.77. The largest absolute Gasteiger partial charge is 0.457 e. The van der Waals surface area contributed by atoms with Crippen LogP contribution < -0.4 is 0 Å². The fraction of sp³-hybridized carbons (Fsp3) is 0.741. The lowest BCUT2D eigenvalue weighted by Crippen LogP contribution is -2.42. The molecular weight excluding hydrogens is 372 g/mol. The van der Waals surface area contributed by atoms with E-state index in [2.05, 4.69) is 45.1 Å². The number of hydrogen-bond acceptors (Lipinski definition) is 3. The predicted octanol–water partition coefficient (Wildman–Crippen LogP) is 7.32. The molecular formula is C27H44O3. The topological polar surface area (TPSA) is 38.8 Å². The zero-order valence-electron chi connectivity index (χ0n) is 20.0. The number of allylic oxidation sites excluding steroid dienone is 4. The summed E-state index contributed by atoms with van der Waals surface area (Å²) in [4.78, 5) is 13.0. The van der Waals surface area contributed by atoms with E-state index in [0.717, 1.165) is 38.5 Å². The molecule has 3 heteroatoms. The van der Waals surface area contributed by atoms with E-state index in [1.165, 1.54) is 25.7 Å². The zero-order chi connectivity index (χ0) is 22.0. The van der Waals surface area contributed by atoms with Gasteiger partial charge in [-0.2, -0.15) is 0 Å². The van der Waals surface area contributed by atoms with Crippen LogP contribution in [-0.2, 0) is 14.3 Å². The average molecular weight is 417 g/mol. The molecule has 0 radical (unpaired) electrons. The number of rotatable bonds is 8. The van der Waals surface area contributed by atoms with Crippen LogP contribution in [0.3, 0.4) is 0 Å². The minimum absolute atomic E-state index is 0.0823. The first-order valence-corrected chi connectivity index (χ1v) is 12.1. The molecule has 0 spiro atoms. The van der Waals surface area contributed by atoms with Crippen molar-refractivity contribution in [2.75, 3.05) is 0 Å². The summed E-state index contributed by atoms with van der Waals surface area (Å²) in [6.07, 6.45) is 24.5. The number of carbonyl (C=O) groups is 1. The Hall–Kier alpha value is -1.35. The number of esters is 1. The molecule has 0 bridgehead atoms. The molecule has 30 heavy (non-hydrogen) atoms. The van der Waals surface area contributed by atoms with Crippen LogP contribution in [-0.4, -0.2) is 24.3 Å². The van der Waals surface area contributed by atoms with Gasteiger partial charge in [0, 0.05) is 6.42 Å². The minimum Gasteiger partial charge on any atom is -0.457 e. The van der Waals surface area contributed by atoms with Gasteiger partial charge in [-0.15, -0.1) is 0 Å². The molecule has 3 nitrogen and oxygen atoms in total. The molecule has 3 unspecified atom stereocenters. The van der Waals surface area contributed by atoms with E-state index >= 15 is 0 Å². The lowest BCUT2D eigenvalue weighted by Gasteiger charge is -2.40. The van der Waals surface area contributed by atoms with Crippen molar-refractivity contribution in [3.63, 3.8) is 0 Å². The highest BCUT2D eigenvalue weighted by atomic mass is 16.6. The molecule has 1 saturated heterocycles. The molecule has 0 amide bonds. The quantitative estimate of drug-likeness (QED) is 0.180. The first kappa shape index (κ1) is 24.9. The van der Waals surface area contributed by atoms with Crippen LogP contribution in [0.5, 0.6) is 0 Å². The molecule has 2 heterocycles. The first-order valence-electron chi connectivity index (χ1n) is 12.1. The standard InChI is InChI=1S/C27H44O3/c1-6-7-19-23-24(30-23)20-15-11-10-14-18-22-17-13-9-8-12-16-21-26(2,3)27(4,5)25(28)29-22/h9-11,13-14,18,22-24H,6-8,12,15-17,19-21H2,1-5H3/b11-10?,13-9-,18-14?. The van der Waals surface area contributed by atoms with Crippen molar-refractivity contribution >= 4 is 5.97 Å². The summed E-state index contributed by atoms with van der Waals surface area (Å²) in [6.45, 7) is 10.7. The molecule has 2 rings (SSSR count). The monoisotopic (exact) mass is 416 g/mol. The number of unbranched alkanes of at least 4 members (excludes halogenated alkanes) is 1. The van der Waals surface area contributed by atoms with Crippen LogP contribution in [0, 0.1) is 10.8 Å². The number of hydrogen-bond donors (Lipinski definition) is 0. The molecule has 2 aliphatic rings. The van der Waals surface area contributed by atoms with Gasteiger partial charge in [0.1, 0.15) is 6.10 Å². The van der Waals surface area contributed by atoms with Crippen molar-refractivity contribution in [3.8, 4) is 0 Å². The maximum atomic E-state index is 13.0. The maximum absolute atomic E-state index is 13.0. The molecule has 0 aromatic heterocycles. The van der Waals surface area contributed by atoms with E-state index in [0.29, 0.717) is 12.2 Å². The van der Waals surface area contributed by atoms with Gasteiger partial charge in [0.25, 0.3) is 0 Å². The van der Waals surface area contributed by atoms with Gasteiger partial charge in [0.05, 0.1) is 17.6 Å². The van der Waals surface area contributed by atoms with E-state index in [-0.39, 0.29) is 17.5 Å². The van der Waals surface area contributed by atoms with Crippen molar-refractivity contribution in [3.05, 3.63) is 36.5 Å². The average Bonchev–Trinajstić information content (AvgIpc) is 3.44. The fourth-order valence-corrected chi connectivity index (χ4v) is 3.93. The van der Waals surface area contributed by atoms with Crippen LogP contribution in [0.25, 0.3) is 0 Å². The second kappa shape index (κ2) is 11.9. The number of ether oxygens (including phenoxy) is 2. The minimum atomic E-state index is -0.504. The van der Waals surface area contributed by atoms with Crippen molar-refractivity contribution in [2.24, 2.45) is 10.8 Å². The molecule has 1 fully saturated rings. The third-order valence-corrected chi connectivity index (χ3v) is 7.14. The molecule has 0 aromatic carbocycles. The summed E-state index contributed by atoms with van der Waals surface area (Å²) in [5.41, 5.74) is -0.586. The Labute approximate surface area is 185 Å². The van der Waals surface area contributed by atoms with E-state index in [1.807, 2.05) is 26.0 Å². The summed E-state index contributed by atoms with van der Waals surface area (Å²) < 4.78 is 11.7. The lowest BCUT2D eigenvalue weighted by atomic mass is 9.65. The number of epoxide rings is 1. The Balaban J connectivity index is 1.86. The first-order chi connectivity index (χ1) is 14.3. The molecule has 0 N–H and O–H groups in total. The molecule has 170 valence electrons. The third kappa shape index (κ3) is 7.72. The molecule has 0 aromatic rings. The van der Waals surface area contributed by atoms with Gasteiger partial charge in [-0.05, 0) is 63.9 Å². The van der Waals surface area contributed by atoms with Crippen LogP contribution in [0.2, 0.25) is 0 Å². The summed E-state index contributed by atoms with van der Waals surface area (Å²) in [5, 5.41) is 0. The summed E-state index contributed by atoms with van der Waals surface area (Å²) in [5.74, 6) is -0.0934.